The first-order chi connectivity index (χ1) is 8.63. The zero-order chi connectivity index (χ0) is 13.4. The Labute approximate surface area is 112 Å². The third-order valence-electron chi connectivity index (χ3n) is 2.11. The van der Waals surface area contributed by atoms with E-state index in [2.05, 4.69) is 29.5 Å². The zero-order valence-corrected chi connectivity index (χ0v) is 11.2. The van der Waals surface area contributed by atoms with Crippen LogP contribution in [0.15, 0.2) is 29.3 Å². The normalized spacial score (nSPS) is 11.1. The van der Waals surface area contributed by atoms with Gasteiger partial charge in [0.15, 0.2) is 11.1 Å². The predicted octanol–water partition coefficient (Wildman–Crippen LogP) is 1.12. The molecule has 0 aromatic heterocycles. The maximum absolute atomic E-state index is 5.62. The largest absolute Gasteiger partial charge is 0.493 e. The van der Waals surface area contributed by atoms with Crippen molar-refractivity contribution in [3.05, 3.63) is 29.8 Å². The van der Waals surface area contributed by atoms with Crippen molar-refractivity contribution in [2.24, 2.45) is 16.5 Å². The maximum atomic E-state index is 5.62. The number of thiocarbonyl (C=S) groups is 1. The summed E-state index contributed by atoms with van der Waals surface area (Å²) in [6.45, 7) is 3.16. The minimum absolute atomic E-state index is 0.103. The van der Waals surface area contributed by atoms with Gasteiger partial charge in [-0.1, -0.05) is 25.1 Å². The van der Waals surface area contributed by atoms with Gasteiger partial charge in [-0.25, -0.2) is 4.99 Å². The highest BCUT2D eigenvalue weighted by molar-refractivity contribution is 7.80. The van der Waals surface area contributed by atoms with E-state index in [-0.39, 0.29) is 11.1 Å². The van der Waals surface area contributed by atoms with Gasteiger partial charge in [-0.15, -0.1) is 0 Å². The molecule has 0 spiro atoms. The number of ether oxygens (including phenoxy) is 1. The van der Waals surface area contributed by atoms with Crippen molar-refractivity contribution in [3.63, 3.8) is 0 Å². The van der Waals surface area contributed by atoms with Crippen LogP contribution in [0.2, 0.25) is 0 Å². The Bertz CT molecular complexity index is 434. The molecule has 0 heterocycles. The second kappa shape index (κ2) is 7.50. The van der Waals surface area contributed by atoms with Crippen molar-refractivity contribution in [1.29, 1.82) is 0 Å². The van der Waals surface area contributed by atoms with Crippen LogP contribution in [0.1, 0.15) is 18.9 Å². The fraction of sp³-hybridized carbons (Fsp3) is 0.333. The number of hydrogen-bond acceptors (Lipinski definition) is 3. The Hall–Kier alpha value is -1.82. The van der Waals surface area contributed by atoms with Gasteiger partial charge in [0.2, 0.25) is 0 Å². The Kier molecular flexibility index (Phi) is 5.93. The minimum Gasteiger partial charge on any atom is -0.493 e. The van der Waals surface area contributed by atoms with E-state index < -0.39 is 0 Å². The van der Waals surface area contributed by atoms with Crippen molar-refractivity contribution in [2.75, 3.05) is 6.61 Å². The van der Waals surface area contributed by atoms with Crippen LogP contribution in [0.3, 0.4) is 0 Å². The highest BCUT2D eigenvalue weighted by atomic mass is 32.1. The summed E-state index contributed by atoms with van der Waals surface area (Å²) in [7, 11) is 0. The van der Waals surface area contributed by atoms with E-state index in [4.69, 9.17) is 16.2 Å². The van der Waals surface area contributed by atoms with Crippen molar-refractivity contribution in [3.8, 4) is 5.75 Å². The van der Waals surface area contributed by atoms with E-state index in [1.807, 2.05) is 24.3 Å². The van der Waals surface area contributed by atoms with Gasteiger partial charge in [-0.2, -0.15) is 0 Å². The lowest BCUT2D eigenvalue weighted by Crippen LogP contribution is -2.40. The minimum atomic E-state index is 0.103. The average Bonchev–Trinajstić information content (AvgIpc) is 2.34. The number of nitrogens with zero attached hydrogens (tertiary/aromatic N) is 1. The average molecular weight is 266 g/mol. The molecule has 0 atom stereocenters. The molecule has 0 amide bonds. The lowest BCUT2D eigenvalue weighted by Gasteiger charge is -2.09. The van der Waals surface area contributed by atoms with Crippen LogP contribution in [0, 0.1) is 0 Å². The summed E-state index contributed by atoms with van der Waals surface area (Å²) >= 11 is 4.67. The summed E-state index contributed by atoms with van der Waals surface area (Å²) in [5.74, 6) is 1.03. The Morgan fingerprint density at radius 1 is 1.39 bits per heavy atom. The first-order valence-corrected chi connectivity index (χ1v) is 6.11. The molecular weight excluding hydrogens is 248 g/mol. The number of rotatable bonds is 5. The topological polar surface area (TPSA) is 85.7 Å². The zero-order valence-electron chi connectivity index (χ0n) is 10.3. The summed E-state index contributed by atoms with van der Waals surface area (Å²) in [4.78, 5) is 4.14. The molecule has 1 rings (SSSR count). The molecule has 0 unspecified atom stereocenters. The van der Waals surface area contributed by atoms with Gasteiger partial charge in [0.05, 0.1) is 13.2 Å². The van der Waals surface area contributed by atoms with Crippen molar-refractivity contribution in [1.82, 2.24) is 5.32 Å². The molecule has 0 aliphatic heterocycles. The lowest BCUT2D eigenvalue weighted by molar-refractivity contribution is 0.314. The molecule has 5 N–H and O–H groups in total. The van der Waals surface area contributed by atoms with Crippen LogP contribution < -0.4 is 21.5 Å². The molecule has 0 bridgehead atoms. The van der Waals surface area contributed by atoms with Crippen LogP contribution in [0.4, 0.5) is 0 Å². The molecule has 6 heteroatoms. The van der Waals surface area contributed by atoms with Crippen LogP contribution in [-0.4, -0.2) is 17.7 Å². The molecule has 0 saturated carbocycles. The van der Waals surface area contributed by atoms with Gasteiger partial charge in [0, 0.05) is 5.56 Å². The first-order valence-electron chi connectivity index (χ1n) is 5.70. The SMILES string of the molecule is CCCOc1ccccc1CN=C(N)NC(N)=S. The summed E-state index contributed by atoms with van der Waals surface area (Å²) in [6, 6.07) is 7.72. The highest BCUT2D eigenvalue weighted by Gasteiger charge is 2.02. The first kappa shape index (κ1) is 14.2. The van der Waals surface area contributed by atoms with E-state index in [1.165, 1.54) is 0 Å². The van der Waals surface area contributed by atoms with Crippen LogP contribution in [0.5, 0.6) is 5.75 Å². The standard InChI is InChI=1S/C12H18N4OS/c1-2-7-17-10-6-4-3-5-9(10)8-15-11(13)16-12(14)18/h3-6H,2,7-8H2,1H3,(H5,13,14,15,16,18). The van der Waals surface area contributed by atoms with Crippen molar-refractivity contribution in [2.45, 2.75) is 19.9 Å². The van der Waals surface area contributed by atoms with E-state index in [0.717, 1.165) is 17.7 Å². The molecule has 0 fully saturated rings. The van der Waals surface area contributed by atoms with Crippen LogP contribution >= 0.6 is 12.2 Å². The molecule has 0 radical (unpaired) electrons. The number of aliphatic imine (C=N–C) groups is 1. The van der Waals surface area contributed by atoms with E-state index in [9.17, 15) is 0 Å². The summed E-state index contributed by atoms with van der Waals surface area (Å²) in [5, 5.41) is 2.68. The van der Waals surface area contributed by atoms with E-state index in [1.54, 1.807) is 0 Å². The fourth-order valence-corrected chi connectivity index (χ4v) is 1.43. The molecule has 0 saturated heterocycles. The molecule has 5 nitrogen and oxygen atoms in total. The van der Waals surface area contributed by atoms with Gasteiger partial charge < -0.3 is 21.5 Å². The van der Waals surface area contributed by atoms with Gasteiger partial charge in [-0.3, -0.25) is 0 Å². The second-order valence-corrected chi connectivity index (χ2v) is 4.09. The number of hydrogen-bond donors (Lipinski definition) is 3. The van der Waals surface area contributed by atoms with Crippen molar-refractivity contribution < 1.29 is 4.74 Å². The second-order valence-electron chi connectivity index (χ2n) is 3.65. The highest BCUT2D eigenvalue weighted by Crippen LogP contribution is 2.18. The van der Waals surface area contributed by atoms with Gasteiger partial charge in [0.25, 0.3) is 0 Å². The van der Waals surface area contributed by atoms with Crippen molar-refractivity contribution >= 4 is 23.3 Å². The molecule has 1 aromatic carbocycles. The maximum Gasteiger partial charge on any atom is 0.195 e. The van der Waals surface area contributed by atoms with Crippen LogP contribution in [0.25, 0.3) is 0 Å². The Balaban J connectivity index is 2.68. The van der Waals surface area contributed by atoms with Crippen LogP contribution in [-0.2, 0) is 6.54 Å². The third-order valence-corrected chi connectivity index (χ3v) is 2.21. The summed E-state index contributed by atoms with van der Waals surface area (Å²) < 4.78 is 5.62. The fourth-order valence-electron chi connectivity index (χ4n) is 1.32. The number of guanidine groups is 1. The number of benzene rings is 1. The smallest absolute Gasteiger partial charge is 0.195 e. The predicted molar refractivity (Wildman–Crippen MR) is 77.5 cm³/mol. The Morgan fingerprint density at radius 3 is 2.78 bits per heavy atom. The number of nitrogens with two attached hydrogens (primary N) is 2. The monoisotopic (exact) mass is 266 g/mol. The molecule has 1 aromatic rings. The molecule has 0 aliphatic rings. The Morgan fingerprint density at radius 2 is 2.11 bits per heavy atom. The quantitative estimate of drug-likeness (QED) is 0.422. The molecule has 18 heavy (non-hydrogen) atoms. The molecule has 98 valence electrons. The third kappa shape index (κ3) is 5.01. The summed E-state index contributed by atoms with van der Waals surface area (Å²) in [6.07, 6.45) is 0.961. The molecular formula is C12H18N4OS. The number of para-hydroxylation sites is 1. The van der Waals surface area contributed by atoms with E-state index in [0.29, 0.717) is 13.2 Å². The van der Waals surface area contributed by atoms with Gasteiger partial charge >= 0.3 is 0 Å². The number of nitrogens with one attached hydrogen (secondary N) is 1. The molecule has 0 aliphatic carbocycles. The van der Waals surface area contributed by atoms with E-state index >= 15 is 0 Å². The van der Waals surface area contributed by atoms with Gasteiger partial charge in [0.1, 0.15) is 5.75 Å². The lowest BCUT2D eigenvalue weighted by atomic mass is 10.2. The summed E-state index contributed by atoms with van der Waals surface area (Å²) in [5.41, 5.74) is 11.9. The van der Waals surface area contributed by atoms with Gasteiger partial charge in [-0.05, 0) is 24.7 Å².